The summed E-state index contributed by atoms with van der Waals surface area (Å²) < 4.78 is 0. The van der Waals surface area contributed by atoms with E-state index in [2.05, 4.69) is 56.4 Å². The van der Waals surface area contributed by atoms with Gasteiger partial charge in [-0.05, 0) is 67.6 Å². The summed E-state index contributed by atoms with van der Waals surface area (Å²) >= 11 is 5.97. The number of nitrogens with one attached hydrogen (secondary N) is 1. The average molecular weight is 302 g/mol. The zero-order valence-corrected chi connectivity index (χ0v) is 13.9. The van der Waals surface area contributed by atoms with Crippen LogP contribution in [0.15, 0.2) is 42.5 Å². The molecule has 0 saturated heterocycles. The van der Waals surface area contributed by atoms with Gasteiger partial charge in [0, 0.05) is 11.1 Å². The predicted molar refractivity (Wildman–Crippen MR) is 92.1 cm³/mol. The van der Waals surface area contributed by atoms with Crippen LogP contribution in [0, 0.1) is 13.8 Å². The lowest BCUT2D eigenvalue weighted by molar-refractivity contribution is 0.529. The summed E-state index contributed by atoms with van der Waals surface area (Å²) in [6.45, 7) is 7.57. The van der Waals surface area contributed by atoms with E-state index in [0.717, 1.165) is 24.4 Å². The highest BCUT2D eigenvalue weighted by atomic mass is 35.5. The lowest BCUT2D eigenvalue weighted by atomic mass is 9.96. The highest BCUT2D eigenvalue weighted by molar-refractivity contribution is 6.30. The van der Waals surface area contributed by atoms with E-state index < -0.39 is 0 Å². The SMILES string of the molecule is CCCNC(Cc1ccc(Cl)cc1)c1ccc(C)c(C)c1. The highest BCUT2D eigenvalue weighted by Crippen LogP contribution is 2.22. The summed E-state index contributed by atoms with van der Waals surface area (Å²) in [6, 6.07) is 15.3. The molecule has 1 unspecified atom stereocenters. The van der Waals surface area contributed by atoms with Gasteiger partial charge in [0.25, 0.3) is 0 Å². The van der Waals surface area contributed by atoms with E-state index in [1.807, 2.05) is 12.1 Å². The van der Waals surface area contributed by atoms with Crippen molar-refractivity contribution in [3.63, 3.8) is 0 Å². The third-order valence-corrected chi connectivity index (χ3v) is 4.18. The van der Waals surface area contributed by atoms with E-state index in [9.17, 15) is 0 Å². The Bertz CT molecular complexity index is 575. The molecular formula is C19H24ClN. The first-order chi connectivity index (χ1) is 10.1. The topological polar surface area (TPSA) is 12.0 Å². The van der Waals surface area contributed by atoms with Crippen LogP contribution in [0.1, 0.15) is 41.6 Å². The molecule has 2 rings (SSSR count). The molecule has 112 valence electrons. The monoisotopic (exact) mass is 301 g/mol. The van der Waals surface area contributed by atoms with Crippen LogP contribution < -0.4 is 5.32 Å². The molecular weight excluding hydrogens is 278 g/mol. The second kappa shape index (κ2) is 7.63. The molecule has 2 aromatic carbocycles. The van der Waals surface area contributed by atoms with Crippen molar-refractivity contribution < 1.29 is 0 Å². The zero-order valence-electron chi connectivity index (χ0n) is 13.1. The van der Waals surface area contributed by atoms with E-state index in [1.54, 1.807) is 0 Å². The maximum absolute atomic E-state index is 5.97. The van der Waals surface area contributed by atoms with Gasteiger partial charge in [-0.3, -0.25) is 0 Å². The third kappa shape index (κ3) is 4.59. The predicted octanol–water partition coefficient (Wildman–Crippen LogP) is 5.24. The molecule has 0 aliphatic carbocycles. The number of halogens is 1. The van der Waals surface area contributed by atoms with Crippen LogP contribution >= 0.6 is 11.6 Å². The van der Waals surface area contributed by atoms with Gasteiger partial charge in [0.1, 0.15) is 0 Å². The largest absolute Gasteiger partial charge is 0.310 e. The number of hydrogen-bond acceptors (Lipinski definition) is 1. The lowest BCUT2D eigenvalue weighted by Gasteiger charge is -2.20. The number of hydrogen-bond donors (Lipinski definition) is 1. The van der Waals surface area contributed by atoms with Crippen molar-refractivity contribution in [3.8, 4) is 0 Å². The van der Waals surface area contributed by atoms with Gasteiger partial charge in [0.15, 0.2) is 0 Å². The van der Waals surface area contributed by atoms with Crippen LogP contribution in [0.4, 0.5) is 0 Å². The maximum atomic E-state index is 5.97. The molecule has 21 heavy (non-hydrogen) atoms. The smallest absolute Gasteiger partial charge is 0.0406 e. The molecule has 0 aliphatic heterocycles. The first-order valence-corrected chi connectivity index (χ1v) is 8.03. The Morgan fingerprint density at radius 1 is 1.00 bits per heavy atom. The molecule has 0 heterocycles. The zero-order chi connectivity index (χ0) is 15.2. The molecule has 0 spiro atoms. The summed E-state index contributed by atoms with van der Waals surface area (Å²) in [6.07, 6.45) is 2.13. The van der Waals surface area contributed by atoms with Crippen LogP contribution in [0.3, 0.4) is 0 Å². The summed E-state index contributed by atoms with van der Waals surface area (Å²) in [7, 11) is 0. The fourth-order valence-corrected chi connectivity index (χ4v) is 2.59. The molecule has 2 aromatic rings. The molecule has 0 aromatic heterocycles. The van der Waals surface area contributed by atoms with Gasteiger partial charge >= 0.3 is 0 Å². The first kappa shape index (κ1) is 16.1. The summed E-state index contributed by atoms with van der Waals surface area (Å²) in [5.41, 5.74) is 5.37. The number of benzene rings is 2. The van der Waals surface area contributed by atoms with Crippen molar-refractivity contribution in [2.45, 2.75) is 39.7 Å². The van der Waals surface area contributed by atoms with Gasteiger partial charge in [-0.2, -0.15) is 0 Å². The minimum Gasteiger partial charge on any atom is -0.310 e. The highest BCUT2D eigenvalue weighted by Gasteiger charge is 2.12. The molecule has 0 saturated carbocycles. The van der Waals surface area contributed by atoms with Gasteiger partial charge in [0.2, 0.25) is 0 Å². The Balaban J connectivity index is 2.20. The lowest BCUT2D eigenvalue weighted by Crippen LogP contribution is -2.24. The molecule has 1 N–H and O–H groups in total. The van der Waals surface area contributed by atoms with Crippen LogP contribution in [0.2, 0.25) is 5.02 Å². The molecule has 0 aliphatic rings. The summed E-state index contributed by atoms with van der Waals surface area (Å²) in [5, 5.41) is 4.46. The van der Waals surface area contributed by atoms with Crippen LogP contribution in [0.25, 0.3) is 0 Å². The van der Waals surface area contributed by atoms with Crippen LogP contribution in [0.5, 0.6) is 0 Å². The molecule has 0 radical (unpaired) electrons. The normalized spacial score (nSPS) is 12.4. The Hall–Kier alpha value is -1.31. The van der Waals surface area contributed by atoms with Crippen molar-refractivity contribution in [3.05, 3.63) is 69.7 Å². The van der Waals surface area contributed by atoms with Crippen molar-refractivity contribution in [2.75, 3.05) is 6.54 Å². The van der Waals surface area contributed by atoms with Gasteiger partial charge in [-0.25, -0.2) is 0 Å². The Kier molecular flexibility index (Phi) is 5.84. The van der Waals surface area contributed by atoms with Gasteiger partial charge in [-0.1, -0.05) is 48.9 Å². The maximum Gasteiger partial charge on any atom is 0.0406 e. The Morgan fingerprint density at radius 3 is 2.33 bits per heavy atom. The first-order valence-electron chi connectivity index (χ1n) is 7.65. The molecule has 0 amide bonds. The van der Waals surface area contributed by atoms with Gasteiger partial charge < -0.3 is 5.32 Å². The van der Waals surface area contributed by atoms with Crippen LogP contribution in [-0.2, 0) is 6.42 Å². The van der Waals surface area contributed by atoms with E-state index in [-0.39, 0.29) is 0 Å². The average Bonchev–Trinajstić information content (AvgIpc) is 2.48. The van der Waals surface area contributed by atoms with E-state index in [1.165, 1.54) is 22.3 Å². The van der Waals surface area contributed by atoms with Crippen molar-refractivity contribution >= 4 is 11.6 Å². The fraction of sp³-hybridized carbons (Fsp3) is 0.368. The molecule has 1 atom stereocenters. The summed E-state index contributed by atoms with van der Waals surface area (Å²) in [5.74, 6) is 0. The van der Waals surface area contributed by atoms with Crippen molar-refractivity contribution in [1.82, 2.24) is 5.32 Å². The Labute approximate surface area is 133 Å². The van der Waals surface area contributed by atoms with Crippen molar-refractivity contribution in [2.24, 2.45) is 0 Å². The Morgan fingerprint density at radius 2 is 1.71 bits per heavy atom. The number of aryl methyl sites for hydroxylation is 2. The second-order valence-electron chi connectivity index (χ2n) is 5.68. The van der Waals surface area contributed by atoms with E-state index in [4.69, 9.17) is 11.6 Å². The number of rotatable bonds is 6. The van der Waals surface area contributed by atoms with Gasteiger partial charge in [0.05, 0.1) is 0 Å². The van der Waals surface area contributed by atoms with E-state index >= 15 is 0 Å². The van der Waals surface area contributed by atoms with E-state index in [0.29, 0.717) is 6.04 Å². The fourth-order valence-electron chi connectivity index (χ4n) is 2.46. The van der Waals surface area contributed by atoms with Crippen molar-refractivity contribution in [1.29, 1.82) is 0 Å². The molecule has 0 bridgehead atoms. The minimum atomic E-state index is 0.352. The van der Waals surface area contributed by atoms with Gasteiger partial charge in [-0.15, -0.1) is 0 Å². The molecule has 1 nitrogen and oxygen atoms in total. The molecule has 2 heteroatoms. The van der Waals surface area contributed by atoms with Crippen LogP contribution in [-0.4, -0.2) is 6.54 Å². The standard InChI is InChI=1S/C19H24ClN/c1-4-11-21-19(13-16-6-9-18(20)10-7-16)17-8-5-14(2)15(3)12-17/h5-10,12,19,21H,4,11,13H2,1-3H3. The third-order valence-electron chi connectivity index (χ3n) is 3.93. The minimum absolute atomic E-state index is 0.352. The molecule has 0 fully saturated rings. The second-order valence-corrected chi connectivity index (χ2v) is 6.12. The quantitative estimate of drug-likeness (QED) is 0.769. The summed E-state index contributed by atoms with van der Waals surface area (Å²) in [4.78, 5) is 0.